The first-order chi connectivity index (χ1) is 10.4. The van der Waals surface area contributed by atoms with E-state index in [4.69, 9.17) is 0 Å². The molecule has 0 aliphatic carbocycles. The highest BCUT2D eigenvalue weighted by Gasteiger charge is 2.15. The number of nitrogens with zero attached hydrogens (tertiary/aromatic N) is 4. The van der Waals surface area contributed by atoms with E-state index in [1.807, 2.05) is 18.2 Å². The first-order valence-corrected chi connectivity index (χ1v) is 7.24. The quantitative estimate of drug-likeness (QED) is 0.575. The van der Waals surface area contributed by atoms with E-state index in [1.54, 1.807) is 4.63 Å². The number of rotatable bonds is 3. The van der Waals surface area contributed by atoms with E-state index in [-0.39, 0.29) is 0 Å². The molecule has 4 heteroatoms. The van der Waals surface area contributed by atoms with Gasteiger partial charge in [0.2, 0.25) is 0 Å². The van der Waals surface area contributed by atoms with Gasteiger partial charge in [0.15, 0.2) is 5.65 Å². The third-order valence-electron chi connectivity index (χ3n) is 3.81. The maximum absolute atomic E-state index is 4.63. The second-order valence-corrected chi connectivity index (χ2v) is 5.17. The lowest BCUT2D eigenvalue weighted by atomic mass is 10.2. The molecule has 21 heavy (non-hydrogen) atoms. The largest absolute Gasteiger partial charge is 0.306 e. The Bertz CT molecular complexity index is 902. The Morgan fingerprint density at radius 1 is 0.905 bits per heavy atom. The molecule has 0 unspecified atom stereocenters. The Hall–Kier alpha value is -2.62. The normalized spacial score (nSPS) is 11.5. The first-order valence-electron chi connectivity index (χ1n) is 7.24. The summed E-state index contributed by atoms with van der Waals surface area (Å²) in [6.45, 7) is 2.95. The molecular formula is C17H16N4. The zero-order chi connectivity index (χ0) is 14.2. The van der Waals surface area contributed by atoms with Crippen molar-refractivity contribution in [2.45, 2.75) is 19.9 Å². The third kappa shape index (κ3) is 1.91. The van der Waals surface area contributed by atoms with E-state index in [0.717, 1.165) is 35.3 Å². The summed E-state index contributed by atoms with van der Waals surface area (Å²) in [5.41, 5.74) is 3.34. The molecule has 2 aromatic carbocycles. The van der Waals surface area contributed by atoms with Crippen LogP contribution in [-0.2, 0) is 13.0 Å². The lowest BCUT2D eigenvalue weighted by Crippen LogP contribution is -2.04. The van der Waals surface area contributed by atoms with Crippen molar-refractivity contribution in [3.63, 3.8) is 0 Å². The highest BCUT2D eigenvalue weighted by atomic mass is 15.5. The van der Waals surface area contributed by atoms with Crippen LogP contribution in [0.5, 0.6) is 0 Å². The Morgan fingerprint density at radius 2 is 1.67 bits per heavy atom. The van der Waals surface area contributed by atoms with Crippen molar-refractivity contribution in [2.75, 3.05) is 0 Å². The summed E-state index contributed by atoms with van der Waals surface area (Å²) in [6.07, 6.45) is 0.893. The van der Waals surface area contributed by atoms with E-state index in [9.17, 15) is 0 Å². The van der Waals surface area contributed by atoms with Crippen molar-refractivity contribution in [1.82, 2.24) is 19.4 Å². The van der Waals surface area contributed by atoms with Crippen molar-refractivity contribution in [3.8, 4) is 0 Å². The molecule has 0 saturated carbocycles. The van der Waals surface area contributed by atoms with Gasteiger partial charge in [0.05, 0.1) is 12.1 Å². The van der Waals surface area contributed by atoms with Crippen LogP contribution in [0.1, 0.15) is 18.3 Å². The van der Waals surface area contributed by atoms with Gasteiger partial charge in [-0.3, -0.25) is 0 Å². The van der Waals surface area contributed by atoms with Crippen molar-refractivity contribution >= 4 is 16.6 Å². The molecule has 104 valence electrons. The second kappa shape index (κ2) is 4.74. The van der Waals surface area contributed by atoms with Crippen molar-refractivity contribution < 1.29 is 0 Å². The molecule has 2 heterocycles. The van der Waals surface area contributed by atoms with Gasteiger partial charge in [-0.15, -0.1) is 14.8 Å². The van der Waals surface area contributed by atoms with Crippen LogP contribution in [0.25, 0.3) is 16.6 Å². The molecule has 4 rings (SSSR count). The number of aryl methyl sites for hydroxylation is 1. The van der Waals surface area contributed by atoms with Crippen LogP contribution in [0.4, 0.5) is 0 Å². The molecule has 0 bridgehead atoms. The van der Waals surface area contributed by atoms with Crippen molar-refractivity contribution in [3.05, 3.63) is 66.0 Å². The lowest BCUT2D eigenvalue weighted by molar-refractivity contribution is 0.743. The Balaban J connectivity index is 1.96. The standard InChI is InChI=1S/C17H16N4/c1-2-16-19-21-17(14-10-6-7-11-15(14)18-21)20(16)12-13-8-4-3-5-9-13/h3-11H,2,12H2,1H3. The van der Waals surface area contributed by atoms with Gasteiger partial charge >= 0.3 is 0 Å². The minimum absolute atomic E-state index is 0.823. The predicted molar refractivity (Wildman–Crippen MR) is 83.4 cm³/mol. The zero-order valence-corrected chi connectivity index (χ0v) is 11.9. The number of hydrogen-bond donors (Lipinski definition) is 0. The van der Waals surface area contributed by atoms with E-state index < -0.39 is 0 Å². The van der Waals surface area contributed by atoms with Gasteiger partial charge in [-0.2, -0.15) is 0 Å². The fraction of sp³-hybridized carbons (Fsp3) is 0.176. The second-order valence-electron chi connectivity index (χ2n) is 5.17. The topological polar surface area (TPSA) is 35.1 Å². The number of hydrogen-bond acceptors (Lipinski definition) is 2. The smallest absolute Gasteiger partial charge is 0.166 e. The molecule has 0 spiro atoms. The summed E-state index contributed by atoms with van der Waals surface area (Å²) in [4.78, 5) is 0. The summed E-state index contributed by atoms with van der Waals surface area (Å²) >= 11 is 0. The van der Waals surface area contributed by atoms with Gasteiger partial charge in [0.1, 0.15) is 5.82 Å². The molecule has 0 aliphatic heterocycles. The van der Waals surface area contributed by atoms with Crippen molar-refractivity contribution in [1.29, 1.82) is 0 Å². The minimum Gasteiger partial charge on any atom is -0.306 e. The van der Waals surface area contributed by atoms with E-state index in [0.29, 0.717) is 0 Å². The molecule has 0 atom stereocenters. The molecule has 0 aliphatic rings. The molecule has 2 aromatic heterocycles. The highest BCUT2D eigenvalue weighted by Crippen LogP contribution is 2.21. The van der Waals surface area contributed by atoms with Crippen molar-refractivity contribution in [2.24, 2.45) is 0 Å². The van der Waals surface area contributed by atoms with Gasteiger partial charge in [-0.1, -0.05) is 49.4 Å². The average molecular weight is 276 g/mol. The third-order valence-corrected chi connectivity index (χ3v) is 3.81. The summed E-state index contributed by atoms with van der Waals surface area (Å²) < 4.78 is 4.04. The predicted octanol–water partition coefficient (Wildman–Crippen LogP) is 3.29. The van der Waals surface area contributed by atoms with Crippen LogP contribution in [-0.4, -0.2) is 19.4 Å². The van der Waals surface area contributed by atoms with Crippen LogP contribution >= 0.6 is 0 Å². The van der Waals surface area contributed by atoms with Gasteiger partial charge in [-0.05, 0) is 17.7 Å². The summed E-state index contributed by atoms with van der Waals surface area (Å²) in [5.74, 6) is 1.06. The summed E-state index contributed by atoms with van der Waals surface area (Å²) in [5, 5.41) is 10.4. The maximum atomic E-state index is 4.63. The molecule has 4 aromatic rings. The Labute approximate surface area is 122 Å². The maximum Gasteiger partial charge on any atom is 0.166 e. The van der Waals surface area contributed by atoms with Gasteiger partial charge < -0.3 is 4.57 Å². The van der Waals surface area contributed by atoms with Crippen LogP contribution < -0.4 is 0 Å². The zero-order valence-electron chi connectivity index (χ0n) is 11.9. The molecule has 0 amide bonds. The lowest BCUT2D eigenvalue weighted by Gasteiger charge is -2.06. The summed E-state index contributed by atoms with van der Waals surface area (Å²) in [7, 11) is 0. The van der Waals surface area contributed by atoms with E-state index in [1.165, 1.54) is 5.56 Å². The molecular weight excluding hydrogens is 260 g/mol. The number of aromatic nitrogens is 4. The SMILES string of the molecule is CCc1nn2nc3ccccc3c2n1Cc1ccccc1. The molecule has 4 nitrogen and oxygen atoms in total. The Kier molecular flexibility index (Phi) is 2.74. The Morgan fingerprint density at radius 3 is 2.48 bits per heavy atom. The minimum atomic E-state index is 0.823. The monoisotopic (exact) mass is 276 g/mol. The fourth-order valence-corrected chi connectivity index (χ4v) is 2.81. The van der Waals surface area contributed by atoms with Crippen LogP contribution in [0.2, 0.25) is 0 Å². The van der Waals surface area contributed by atoms with Crippen LogP contribution in [0, 0.1) is 0 Å². The van der Waals surface area contributed by atoms with E-state index in [2.05, 4.69) is 58.1 Å². The number of fused-ring (bicyclic) bond motifs is 3. The van der Waals surface area contributed by atoms with Gasteiger partial charge in [-0.25, -0.2) is 0 Å². The highest BCUT2D eigenvalue weighted by molar-refractivity contribution is 5.92. The molecule has 0 N–H and O–H groups in total. The van der Waals surface area contributed by atoms with Crippen LogP contribution in [0.3, 0.4) is 0 Å². The number of benzene rings is 2. The molecule has 0 radical (unpaired) electrons. The average Bonchev–Trinajstić information content (AvgIpc) is 3.05. The molecule has 0 fully saturated rings. The van der Waals surface area contributed by atoms with Crippen LogP contribution in [0.15, 0.2) is 54.6 Å². The fourth-order valence-electron chi connectivity index (χ4n) is 2.81. The van der Waals surface area contributed by atoms with E-state index >= 15 is 0 Å². The molecule has 0 saturated heterocycles. The first kappa shape index (κ1) is 12.1. The van der Waals surface area contributed by atoms with Gasteiger partial charge in [0, 0.05) is 11.8 Å². The van der Waals surface area contributed by atoms with Gasteiger partial charge in [0.25, 0.3) is 0 Å². The summed E-state index contributed by atoms with van der Waals surface area (Å²) in [6, 6.07) is 18.7.